The van der Waals surface area contributed by atoms with E-state index < -0.39 is 42.6 Å². The van der Waals surface area contributed by atoms with Crippen molar-refractivity contribution in [1.82, 2.24) is 4.90 Å². The molecule has 0 heterocycles. The molecule has 1 unspecified atom stereocenters. The number of hydrogen-bond donors (Lipinski definition) is 2. The quantitative estimate of drug-likeness (QED) is 0.299. The average molecular weight is 516 g/mol. The van der Waals surface area contributed by atoms with Crippen molar-refractivity contribution in [3.05, 3.63) is 0 Å². The zero-order valence-electron chi connectivity index (χ0n) is 21.4. The number of hydrogen-bond acceptors (Lipinski definition) is 7. The van der Waals surface area contributed by atoms with Crippen molar-refractivity contribution in [3.63, 3.8) is 0 Å². The lowest BCUT2D eigenvalue weighted by Gasteiger charge is -2.36. The van der Waals surface area contributed by atoms with Crippen LogP contribution in [-0.4, -0.2) is 83.8 Å². The average Bonchev–Trinajstić information content (AvgIpc) is 2.40. The Kier molecular flexibility index (Phi) is 12.6. The molecule has 0 aliphatic carbocycles. The normalized spacial score (nSPS) is 16.2. The fraction of sp³-hybridized carbons (Fsp3) is 1.00. The Hall–Kier alpha value is 0.804. The highest BCUT2D eigenvalue weighted by Crippen LogP contribution is 2.24. The Morgan fingerprint density at radius 1 is 0.633 bits per heavy atom. The molecule has 1 atom stereocenters. The van der Waals surface area contributed by atoms with Crippen molar-refractivity contribution in [2.24, 2.45) is 0 Å². The van der Waals surface area contributed by atoms with Crippen LogP contribution in [0.2, 0.25) is 71.0 Å². The molecule has 0 radical (unpaired) electrons. The van der Waals surface area contributed by atoms with Gasteiger partial charge in [0.2, 0.25) is 0 Å². The molecule has 0 aliphatic rings. The van der Waals surface area contributed by atoms with E-state index in [2.05, 4.69) is 70.9 Å². The predicted octanol–water partition coefficient (Wildman–Crippen LogP) is 4.15. The maximum Gasteiger partial charge on any atom is 0.487 e. The smallest absolute Gasteiger partial charge is 0.416 e. The van der Waals surface area contributed by atoms with Gasteiger partial charge >= 0.3 is 17.6 Å². The third-order valence-corrected chi connectivity index (χ3v) is 17.7. The summed E-state index contributed by atoms with van der Waals surface area (Å²) in [6, 6.07) is 1.16. The summed E-state index contributed by atoms with van der Waals surface area (Å²) in [5, 5.41) is 0. The highest BCUT2D eigenvalue weighted by molar-refractivity contribution is 6.85. The van der Waals surface area contributed by atoms with Gasteiger partial charge in [-0.3, -0.25) is 0 Å². The van der Waals surface area contributed by atoms with Crippen LogP contribution in [0.5, 0.6) is 0 Å². The second-order valence-electron chi connectivity index (χ2n) is 11.0. The minimum atomic E-state index is -3.16. The minimum Gasteiger partial charge on any atom is -0.416 e. The van der Waals surface area contributed by atoms with Crippen LogP contribution >= 0.6 is 0 Å². The van der Waals surface area contributed by atoms with Crippen molar-refractivity contribution in [1.29, 1.82) is 0 Å². The first-order valence-corrected chi connectivity index (χ1v) is 25.3. The van der Waals surface area contributed by atoms with Crippen LogP contribution < -0.4 is 0 Å². The van der Waals surface area contributed by atoms with Crippen LogP contribution in [0.3, 0.4) is 0 Å². The van der Waals surface area contributed by atoms with Gasteiger partial charge in [0.1, 0.15) is 0 Å². The molecule has 0 amide bonds. The second kappa shape index (κ2) is 12.3. The summed E-state index contributed by atoms with van der Waals surface area (Å²) < 4.78 is 24.0. The number of rotatable bonds is 16. The molecular formula is C18H49NO6Si5. The zero-order chi connectivity index (χ0) is 23.9. The van der Waals surface area contributed by atoms with E-state index in [1.807, 2.05) is 6.92 Å². The van der Waals surface area contributed by atoms with Crippen LogP contribution in [0.25, 0.3) is 0 Å². The van der Waals surface area contributed by atoms with Gasteiger partial charge in [-0.05, 0) is 98.8 Å². The van der Waals surface area contributed by atoms with E-state index in [1.165, 1.54) is 0 Å². The van der Waals surface area contributed by atoms with E-state index >= 15 is 0 Å². The molecule has 0 aromatic heterocycles. The molecule has 30 heavy (non-hydrogen) atoms. The van der Waals surface area contributed by atoms with Crippen molar-refractivity contribution < 1.29 is 26.4 Å². The molecule has 0 bridgehead atoms. The molecule has 182 valence electrons. The maximum absolute atomic E-state index is 11.1. The fourth-order valence-electron chi connectivity index (χ4n) is 3.19. The molecule has 0 saturated heterocycles. The molecule has 0 fully saturated rings. The van der Waals surface area contributed by atoms with Gasteiger partial charge in [-0.25, -0.2) is 0 Å². The zero-order valence-corrected chi connectivity index (χ0v) is 26.4. The molecule has 0 aliphatic heterocycles. The van der Waals surface area contributed by atoms with Gasteiger partial charge in [0, 0.05) is 18.7 Å². The van der Waals surface area contributed by atoms with Gasteiger partial charge in [0.05, 0.1) is 0 Å². The lowest BCUT2D eigenvalue weighted by atomic mass is 10.4. The summed E-state index contributed by atoms with van der Waals surface area (Å²) in [5.41, 5.74) is 0. The third kappa shape index (κ3) is 16.4. The van der Waals surface area contributed by atoms with Crippen molar-refractivity contribution >= 4 is 42.6 Å². The minimum absolute atomic E-state index is 0.473. The second-order valence-corrected chi connectivity index (χ2v) is 30.3. The van der Waals surface area contributed by atoms with E-state index in [1.54, 1.807) is 0 Å². The largest absolute Gasteiger partial charge is 0.487 e. The SMILES string of the molecule is CCO[Si](O)(CCCN(C)CCC[Si](O)(O[Si](C)(C)C)O[Si](C)(C)C)O[Si](C)(C)C. The molecule has 0 aromatic carbocycles. The van der Waals surface area contributed by atoms with Gasteiger partial charge in [-0.1, -0.05) is 0 Å². The molecule has 0 spiro atoms. The summed E-state index contributed by atoms with van der Waals surface area (Å²) in [4.78, 5) is 24.2. The first kappa shape index (κ1) is 30.8. The first-order chi connectivity index (χ1) is 13.3. The lowest BCUT2D eigenvalue weighted by molar-refractivity contribution is 0.160. The van der Waals surface area contributed by atoms with Gasteiger partial charge < -0.3 is 31.3 Å². The van der Waals surface area contributed by atoms with Crippen LogP contribution in [0.4, 0.5) is 0 Å². The van der Waals surface area contributed by atoms with Crippen molar-refractivity contribution in [3.8, 4) is 0 Å². The van der Waals surface area contributed by atoms with Gasteiger partial charge in [-0.2, -0.15) is 0 Å². The number of nitrogens with zero attached hydrogens (tertiary/aromatic N) is 1. The van der Waals surface area contributed by atoms with E-state index in [9.17, 15) is 9.59 Å². The van der Waals surface area contributed by atoms with Gasteiger partial charge in [-0.15, -0.1) is 0 Å². The summed E-state index contributed by atoms with van der Waals surface area (Å²) in [6.45, 7) is 22.9. The Morgan fingerprint density at radius 3 is 1.30 bits per heavy atom. The molecule has 2 N–H and O–H groups in total. The summed E-state index contributed by atoms with van der Waals surface area (Å²) in [5.74, 6) is 0. The van der Waals surface area contributed by atoms with Gasteiger partial charge in [0.15, 0.2) is 25.0 Å². The van der Waals surface area contributed by atoms with Gasteiger partial charge in [0.25, 0.3) is 0 Å². The molecule has 0 rings (SSSR count). The standard InChI is InChI=1S/C18H49NO6Si5/c1-12-22-29(20,23-26(3,4)5)17-13-15-19(2)16-14-18-30(21,24-27(6,7)8)25-28(9,10)11/h20-21H,12-18H2,1-11H3. The summed E-state index contributed by atoms with van der Waals surface area (Å²) in [6.07, 6.45) is 1.65. The Balaban J connectivity index is 4.61. The third-order valence-electron chi connectivity index (χ3n) is 3.83. The topological polar surface area (TPSA) is 80.6 Å². The molecule has 0 aromatic rings. The van der Waals surface area contributed by atoms with E-state index in [-0.39, 0.29) is 0 Å². The van der Waals surface area contributed by atoms with Crippen LogP contribution in [0.15, 0.2) is 0 Å². The summed E-state index contributed by atoms with van der Waals surface area (Å²) in [7, 11) is -9.83. The highest BCUT2D eigenvalue weighted by atomic mass is 28.5. The Morgan fingerprint density at radius 2 is 0.967 bits per heavy atom. The van der Waals surface area contributed by atoms with Crippen molar-refractivity contribution in [2.45, 2.75) is 90.8 Å². The first-order valence-electron chi connectivity index (χ1n) is 11.2. The molecule has 7 nitrogen and oxygen atoms in total. The van der Waals surface area contributed by atoms with E-state index in [0.717, 1.165) is 25.9 Å². The van der Waals surface area contributed by atoms with E-state index in [4.69, 9.17) is 16.8 Å². The lowest BCUT2D eigenvalue weighted by Crippen LogP contribution is -2.55. The summed E-state index contributed by atoms with van der Waals surface area (Å²) >= 11 is 0. The van der Waals surface area contributed by atoms with Crippen LogP contribution in [-0.2, 0) is 16.8 Å². The van der Waals surface area contributed by atoms with Crippen LogP contribution in [0, 0.1) is 0 Å². The molecule has 12 heteroatoms. The maximum atomic E-state index is 11.1. The highest BCUT2D eigenvalue weighted by Gasteiger charge is 2.44. The monoisotopic (exact) mass is 515 g/mol. The fourth-order valence-corrected chi connectivity index (χ4v) is 18.5. The Bertz CT molecular complexity index is 479. The molecule has 0 saturated carbocycles. The van der Waals surface area contributed by atoms with E-state index in [0.29, 0.717) is 18.7 Å². The Labute approximate surface area is 191 Å². The molecular weight excluding hydrogens is 467 g/mol. The van der Waals surface area contributed by atoms with Crippen LogP contribution in [0.1, 0.15) is 19.8 Å². The van der Waals surface area contributed by atoms with Crippen molar-refractivity contribution in [2.75, 3.05) is 26.7 Å². The predicted molar refractivity (Wildman–Crippen MR) is 137 cm³/mol.